The molecule has 0 aliphatic carbocycles. The lowest BCUT2D eigenvalue weighted by Gasteiger charge is -2.21. The third-order valence-electron chi connectivity index (χ3n) is 17.3. The molecule has 0 aromatic heterocycles. The number of aliphatic hydroxyl groups excluding tert-OH is 1. The summed E-state index contributed by atoms with van der Waals surface area (Å²) in [6.45, 7) is 4.60. The van der Waals surface area contributed by atoms with E-state index in [1.807, 2.05) is 18.2 Å². The van der Waals surface area contributed by atoms with Crippen LogP contribution in [0, 0.1) is 0 Å². The van der Waals surface area contributed by atoms with Gasteiger partial charge in [0.25, 0.3) is 0 Å². The lowest BCUT2D eigenvalue weighted by atomic mass is 10.0. The quantitative estimate of drug-likeness (QED) is 0.0169. The maximum Gasteiger partial charge on any atom is 0.472 e. The lowest BCUT2D eigenvalue weighted by Crippen LogP contribution is -2.30. The van der Waals surface area contributed by atoms with Crippen molar-refractivity contribution < 1.29 is 80.2 Å². The number of rotatable bonds is 78. The number of phosphoric ester groups is 2. The van der Waals surface area contributed by atoms with Crippen LogP contribution in [0.25, 0.3) is 0 Å². The highest BCUT2D eigenvalue weighted by atomic mass is 31.2. The van der Waals surface area contributed by atoms with Crippen LogP contribution in [0.5, 0.6) is 0 Å². The number of hydrogen-bond acceptors (Lipinski definition) is 15. The Balaban J connectivity index is 5.49. The summed E-state index contributed by atoms with van der Waals surface area (Å²) in [6.07, 6.45) is 92.6. The average molecular weight is 1550 g/mol. The summed E-state index contributed by atoms with van der Waals surface area (Å²) in [4.78, 5) is 73.1. The third-order valence-corrected chi connectivity index (χ3v) is 19.2. The topological polar surface area (TPSA) is 237 Å². The Kier molecular flexibility index (Phi) is 76.3. The Hall–Kier alpha value is -5.06. The van der Waals surface area contributed by atoms with Crippen molar-refractivity contribution in [2.75, 3.05) is 39.6 Å². The van der Waals surface area contributed by atoms with E-state index in [9.17, 15) is 43.2 Å². The highest BCUT2D eigenvalue weighted by molar-refractivity contribution is 7.47. The third kappa shape index (κ3) is 79.0. The molecule has 0 aliphatic heterocycles. The van der Waals surface area contributed by atoms with Crippen LogP contribution in [0.2, 0.25) is 0 Å². The molecule has 17 nitrogen and oxygen atoms in total. The zero-order valence-electron chi connectivity index (χ0n) is 67.7. The summed E-state index contributed by atoms with van der Waals surface area (Å²) in [5, 5.41) is 10.7. The number of phosphoric acid groups is 2. The van der Waals surface area contributed by atoms with Gasteiger partial charge in [0.2, 0.25) is 0 Å². The Morgan fingerprint density at radius 2 is 0.500 bits per heavy atom. The molecule has 0 bridgehead atoms. The van der Waals surface area contributed by atoms with E-state index >= 15 is 0 Å². The molecular formula is C89H150O17P2. The number of carbonyl (C=O) groups excluding carboxylic acids is 4. The number of carbonyl (C=O) groups is 4. The standard InChI is InChI=1S/C89H150O17P2/c1-5-9-13-17-21-25-29-33-37-39-41-43-47-50-54-58-62-66-70-74-87(92)100-80-85(106-89(94)76-72-68-64-60-56-52-48-44-42-40-38-34-30-26-22-18-14-10-6-2)82-104-108(97,98)102-78-83(90)77-101-107(95,96)103-81-84(105-88(93)75-71-67-63-59-55-51-46-36-32-28-24-20-16-12-8-4)79-99-86(91)73-69-65-61-57-53-49-45-35-31-27-23-19-15-11-7-3/h9,13,21-23,25-27,33-35,37-38,41-45,50,52,54,56,64,68,83-85,90H,5-8,10-12,14-20,24,28-32,36,39-40,46-49,51,53,55,57-63,65-67,69-82H2,1-4H3,(H,95,96)(H,97,98)/b13-9-,25-21-,26-22-,27-23-,37-33-,38-34-,43-41-,44-42-,45-35-,54-50-,56-52-,68-64-/t83-,84+,85+/m0/s1. The zero-order valence-corrected chi connectivity index (χ0v) is 69.5. The molecule has 0 spiro atoms. The van der Waals surface area contributed by atoms with Gasteiger partial charge < -0.3 is 33.8 Å². The summed E-state index contributed by atoms with van der Waals surface area (Å²) in [7, 11) is -10.0. The van der Waals surface area contributed by atoms with Crippen molar-refractivity contribution in [3.63, 3.8) is 0 Å². The first kappa shape index (κ1) is 103. The molecule has 108 heavy (non-hydrogen) atoms. The smallest absolute Gasteiger partial charge is 0.462 e. The van der Waals surface area contributed by atoms with Crippen molar-refractivity contribution in [1.82, 2.24) is 0 Å². The molecular weight excluding hydrogens is 1400 g/mol. The first-order valence-electron chi connectivity index (χ1n) is 42.1. The normalized spacial score (nSPS) is 14.5. The second-order valence-electron chi connectivity index (χ2n) is 27.7. The Morgan fingerprint density at radius 1 is 0.269 bits per heavy atom. The van der Waals surface area contributed by atoms with E-state index in [0.717, 1.165) is 148 Å². The molecule has 0 rings (SSSR count). The second-order valence-corrected chi connectivity index (χ2v) is 30.6. The van der Waals surface area contributed by atoms with Crippen molar-refractivity contribution >= 4 is 39.5 Å². The van der Waals surface area contributed by atoms with E-state index in [-0.39, 0.29) is 25.7 Å². The monoisotopic (exact) mass is 1550 g/mol. The van der Waals surface area contributed by atoms with Crippen molar-refractivity contribution in [2.24, 2.45) is 0 Å². The molecule has 0 aliphatic rings. The van der Waals surface area contributed by atoms with Gasteiger partial charge in [-0.3, -0.25) is 37.3 Å². The average Bonchev–Trinajstić information content (AvgIpc) is 0.896. The van der Waals surface area contributed by atoms with Crippen LogP contribution in [0.3, 0.4) is 0 Å². The maximum atomic E-state index is 13.1. The minimum absolute atomic E-state index is 0.0403. The second kappa shape index (κ2) is 80.0. The maximum absolute atomic E-state index is 13.1. The van der Waals surface area contributed by atoms with Gasteiger partial charge in [0.15, 0.2) is 12.2 Å². The Morgan fingerprint density at radius 3 is 0.824 bits per heavy atom. The van der Waals surface area contributed by atoms with Crippen LogP contribution in [0.15, 0.2) is 146 Å². The highest BCUT2D eigenvalue weighted by Crippen LogP contribution is 2.45. The van der Waals surface area contributed by atoms with Crippen molar-refractivity contribution in [2.45, 2.75) is 354 Å². The first-order valence-corrected chi connectivity index (χ1v) is 45.1. The molecule has 0 amide bonds. The van der Waals surface area contributed by atoms with Crippen molar-refractivity contribution in [3.8, 4) is 0 Å². The number of aliphatic hydroxyl groups is 1. The van der Waals surface area contributed by atoms with Gasteiger partial charge in [0.05, 0.1) is 26.4 Å². The van der Waals surface area contributed by atoms with E-state index < -0.39 is 97.5 Å². The Bertz CT molecular complexity index is 2610. The number of ether oxygens (including phenoxy) is 4. The molecule has 2 unspecified atom stereocenters. The molecule has 0 aromatic rings. The minimum atomic E-state index is -5.01. The molecule has 0 heterocycles. The van der Waals surface area contributed by atoms with Crippen molar-refractivity contribution in [3.05, 3.63) is 146 Å². The summed E-state index contributed by atoms with van der Waals surface area (Å²) in [5.41, 5.74) is 0. The molecule has 19 heteroatoms. The van der Waals surface area contributed by atoms with E-state index in [1.54, 1.807) is 0 Å². The molecule has 618 valence electrons. The number of unbranched alkanes of at least 4 members (excludes halogenated alkanes) is 28. The fraction of sp³-hybridized carbons (Fsp3) is 0.685. The largest absolute Gasteiger partial charge is 0.472 e. The minimum Gasteiger partial charge on any atom is -0.462 e. The van der Waals surface area contributed by atoms with Gasteiger partial charge in [-0.05, 0) is 141 Å². The molecule has 0 saturated carbocycles. The number of esters is 4. The molecule has 0 saturated heterocycles. The van der Waals surface area contributed by atoms with Gasteiger partial charge in [-0.1, -0.05) is 315 Å². The molecule has 5 atom stereocenters. The van der Waals surface area contributed by atoms with Gasteiger partial charge in [-0.2, -0.15) is 0 Å². The Labute approximate surface area is 656 Å². The molecule has 0 fully saturated rings. The zero-order chi connectivity index (χ0) is 78.9. The van der Waals surface area contributed by atoms with Crippen LogP contribution in [0.1, 0.15) is 336 Å². The summed E-state index contributed by atoms with van der Waals surface area (Å²) >= 11 is 0. The van der Waals surface area contributed by atoms with E-state index in [4.69, 9.17) is 37.0 Å². The number of hydrogen-bond donors (Lipinski definition) is 3. The van der Waals surface area contributed by atoms with Crippen LogP contribution < -0.4 is 0 Å². The fourth-order valence-electron chi connectivity index (χ4n) is 10.9. The molecule has 3 N–H and O–H groups in total. The van der Waals surface area contributed by atoms with Crippen LogP contribution in [-0.4, -0.2) is 96.7 Å². The number of allylic oxidation sites excluding steroid dienone is 24. The summed E-state index contributed by atoms with van der Waals surface area (Å²) in [5.74, 6) is -2.32. The summed E-state index contributed by atoms with van der Waals surface area (Å²) < 4.78 is 68.6. The molecule has 0 radical (unpaired) electrons. The fourth-order valence-corrected chi connectivity index (χ4v) is 12.5. The van der Waals surface area contributed by atoms with E-state index in [2.05, 4.69) is 155 Å². The predicted molar refractivity (Wildman–Crippen MR) is 445 cm³/mol. The SMILES string of the molecule is CC/C=C\C/C=C\C/C=C\C/C=C\C/C=C\CCCCCC(=O)OC[C@H](COP(=O)(O)OC[C@@H](O)COP(=O)(O)OC[C@@H](COC(=O)CCCCCCC/C=C\C/C=C\CCCCC)OC(=O)CCCCCCCCCCCCCCCCC)OC(=O)CC/C=C\C/C=C\C/C=C\C/C=C\C/C=C\CCCCC. The van der Waals surface area contributed by atoms with Crippen LogP contribution in [0.4, 0.5) is 0 Å². The van der Waals surface area contributed by atoms with E-state index in [1.165, 1.54) is 103 Å². The van der Waals surface area contributed by atoms with Gasteiger partial charge in [0.1, 0.15) is 19.3 Å². The van der Waals surface area contributed by atoms with Gasteiger partial charge in [0, 0.05) is 25.7 Å². The van der Waals surface area contributed by atoms with Crippen molar-refractivity contribution in [1.29, 1.82) is 0 Å². The lowest BCUT2D eigenvalue weighted by molar-refractivity contribution is -0.161. The van der Waals surface area contributed by atoms with Gasteiger partial charge in [-0.25, -0.2) is 9.13 Å². The molecule has 0 aromatic carbocycles. The van der Waals surface area contributed by atoms with Gasteiger partial charge in [-0.15, -0.1) is 0 Å². The first-order chi connectivity index (χ1) is 52.7. The predicted octanol–water partition coefficient (Wildman–Crippen LogP) is 25.0. The summed E-state index contributed by atoms with van der Waals surface area (Å²) in [6, 6.07) is 0. The van der Waals surface area contributed by atoms with E-state index in [0.29, 0.717) is 32.1 Å². The van der Waals surface area contributed by atoms with Gasteiger partial charge >= 0.3 is 39.5 Å². The van der Waals surface area contributed by atoms with Crippen LogP contribution >= 0.6 is 15.6 Å². The van der Waals surface area contributed by atoms with Crippen LogP contribution in [-0.2, 0) is 65.4 Å². The highest BCUT2D eigenvalue weighted by Gasteiger charge is 2.30.